The van der Waals surface area contributed by atoms with E-state index < -0.39 is 0 Å². The van der Waals surface area contributed by atoms with Crippen LogP contribution in [0.4, 0.5) is 17.6 Å². The number of nitrogens with zero attached hydrogens (tertiary/aromatic N) is 5. The number of hydrogen-bond donors (Lipinski definition) is 3. The van der Waals surface area contributed by atoms with Crippen LogP contribution in [-0.4, -0.2) is 57.0 Å². The number of anilines is 3. The summed E-state index contributed by atoms with van der Waals surface area (Å²) in [6, 6.07) is 1.82. The van der Waals surface area contributed by atoms with Crippen molar-refractivity contribution in [2.75, 3.05) is 30.4 Å². The molecule has 25 heavy (non-hydrogen) atoms. The molecule has 9 nitrogen and oxygen atoms in total. The molecular formula is C16H23N7O2. The van der Waals surface area contributed by atoms with Gasteiger partial charge in [0.1, 0.15) is 17.2 Å². The maximum absolute atomic E-state index is 12.0. The van der Waals surface area contributed by atoms with E-state index in [1.54, 1.807) is 17.9 Å². The first-order valence-electron chi connectivity index (χ1n) is 8.43. The number of piperidine rings is 1. The lowest BCUT2D eigenvalue weighted by molar-refractivity contribution is 0.0964. The van der Waals surface area contributed by atoms with Gasteiger partial charge in [0, 0.05) is 32.9 Å². The van der Waals surface area contributed by atoms with Crippen LogP contribution in [0.15, 0.2) is 18.5 Å². The molecule has 2 aromatic heterocycles. The summed E-state index contributed by atoms with van der Waals surface area (Å²) >= 11 is 0. The monoisotopic (exact) mass is 345 g/mol. The Kier molecular flexibility index (Phi) is 5.13. The highest BCUT2D eigenvalue weighted by atomic mass is 16.3. The van der Waals surface area contributed by atoms with Crippen molar-refractivity contribution in [3.05, 3.63) is 24.0 Å². The zero-order chi connectivity index (χ0) is 17.8. The molecule has 3 rings (SSSR count). The molecule has 1 amide bonds. The van der Waals surface area contributed by atoms with Gasteiger partial charge in [-0.2, -0.15) is 10.1 Å². The van der Waals surface area contributed by atoms with E-state index in [-0.39, 0.29) is 12.0 Å². The fourth-order valence-corrected chi connectivity index (χ4v) is 2.91. The highest BCUT2D eigenvalue weighted by Gasteiger charge is 2.20. The van der Waals surface area contributed by atoms with Crippen molar-refractivity contribution in [1.29, 1.82) is 0 Å². The molecule has 1 saturated heterocycles. The maximum Gasteiger partial charge on any atom is 0.256 e. The van der Waals surface area contributed by atoms with Crippen molar-refractivity contribution >= 4 is 23.5 Å². The second-order valence-electron chi connectivity index (χ2n) is 5.91. The van der Waals surface area contributed by atoms with Gasteiger partial charge >= 0.3 is 0 Å². The molecule has 1 unspecified atom stereocenters. The lowest BCUT2D eigenvalue weighted by atomic mass is 10.1. The fourth-order valence-electron chi connectivity index (χ4n) is 2.91. The smallest absolute Gasteiger partial charge is 0.256 e. The Hall–Kier alpha value is -2.68. The second kappa shape index (κ2) is 7.47. The van der Waals surface area contributed by atoms with Gasteiger partial charge in [0.05, 0.1) is 12.3 Å². The summed E-state index contributed by atoms with van der Waals surface area (Å²) in [6.07, 6.45) is 4.60. The number of β-amino-alcohol motifs (C(OH)–C–C–N with tert-alkyl or cyclic N) is 1. The average Bonchev–Trinajstić information content (AvgIpc) is 3.04. The molecule has 0 aliphatic carbocycles. The van der Waals surface area contributed by atoms with Crippen molar-refractivity contribution in [2.24, 2.45) is 0 Å². The molecule has 3 N–H and O–H groups in total. The molecule has 3 heterocycles. The number of aliphatic hydroxyl groups excluding tert-OH is 1. The number of aromatic nitrogens is 4. The van der Waals surface area contributed by atoms with Gasteiger partial charge in [0.25, 0.3) is 5.91 Å². The number of carbonyl (C=O) groups is 1. The molecule has 2 aromatic rings. The normalized spacial score (nSPS) is 17.4. The number of aliphatic hydroxyl groups is 1. The van der Waals surface area contributed by atoms with E-state index in [9.17, 15) is 9.90 Å². The Morgan fingerprint density at radius 2 is 2.32 bits per heavy atom. The third kappa shape index (κ3) is 3.71. The molecule has 1 aliphatic rings. The van der Waals surface area contributed by atoms with Gasteiger partial charge in [0.2, 0.25) is 5.95 Å². The number of aryl methyl sites for hydroxylation is 1. The van der Waals surface area contributed by atoms with E-state index in [4.69, 9.17) is 0 Å². The molecule has 1 atom stereocenters. The maximum atomic E-state index is 12.0. The van der Waals surface area contributed by atoms with E-state index in [2.05, 4.69) is 25.7 Å². The van der Waals surface area contributed by atoms with Gasteiger partial charge in [-0.05, 0) is 25.8 Å². The Morgan fingerprint density at radius 3 is 3.04 bits per heavy atom. The van der Waals surface area contributed by atoms with E-state index in [0.29, 0.717) is 30.4 Å². The van der Waals surface area contributed by atoms with E-state index in [0.717, 1.165) is 25.2 Å². The summed E-state index contributed by atoms with van der Waals surface area (Å²) < 4.78 is 1.69. The van der Waals surface area contributed by atoms with Gasteiger partial charge in [-0.3, -0.25) is 4.79 Å². The lowest BCUT2D eigenvalue weighted by Crippen LogP contribution is -2.38. The molecule has 0 aromatic carbocycles. The predicted octanol–water partition coefficient (Wildman–Crippen LogP) is 0.757. The van der Waals surface area contributed by atoms with Crippen LogP contribution in [0.2, 0.25) is 0 Å². The second-order valence-corrected chi connectivity index (χ2v) is 5.91. The highest BCUT2D eigenvalue weighted by molar-refractivity contribution is 5.99. The van der Waals surface area contributed by atoms with Crippen LogP contribution in [0.1, 0.15) is 30.1 Å². The third-order valence-electron chi connectivity index (χ3n) is 4.20. The fraction of sp³-hybridized carbons (Fsp3) is 0.500. The molecule has 134 valence electrons. The van der Waals surface area contributed by atoms with Crippen molar-refractivity contribution in [2.45, 2.75) is 32.4 Å². The van der Waals surface area contributed by atoms with Crippen molar-refractivity contribution in [3.63, 3.8) is 0 Å². The van der Waals surface area contributed by atoms with E-state index in [1.165, 1.54) is 6.20 Å². The van der Waals surface area contributed by atoms with Crippen LogP contribution in [-0.2, 0) is 6.54 Å². The largest absolute Gasteiger partial charge is 0.391 e. The summed E-state index contributed by atoms with van der Waals surface area (Å²) in [5.41, 5.74) is 0.437. The van der Waals surface area contributed by atoms with Crippen LogP contribution in [0.3, 0.4) is 0 Å². The van der Waals surface area contributed by atoms with Crippen LogP contribution in [0.25, 0.3) is 0 Å². The highest BCUT2D eigenvalue weighted by Crippen LogP contribution is 2.22. The first-order chi connectivity index (χ1) is 12.1. The number of nitrogens with one attached hydrogen (secondary N) is 2. The number of amides is 1. The van der Waals surface area contributed by atoms with Crippen LogP contribution in [0.5, 0.6) is 0 Å². The van der Waals surface area contributed by atoms with Crippen molar-refractivity contribution < 1.29 is 9.90 Å². The molecular weight excluding hydrogens is 322 g/mol. The predicted molar refractivity (Wildman–Crippen MR) is 94.1 cm³/mol. The van der Waals surface area contributed by atoms with Gasteiger partial charge in [-0.25, -0.2) is 9.67 Å². The molecule has 0 radical (unpaired) electrons. The standard InChI is InChI=1S/C16H23N7O2/c1-3-23-14(12(9-19-23)15(25)17-2)21-16-18-7-6-13(20-16)22-8-4-5-11(24)10-22/h6-7,9,11,24H,3-5,8,10H2,1-2H3,(H,17,25)(H,18,20,21). The summed E-state index contributed by atoms with van der Waals surface area (Å²) in [4.78, 5) is 22.8. The Morgan fingerprint density at radius 1 is 1.48 bits per heavy atom. The molecule has 1 fully saturated rings. The van der Waals surface area contributed by atoms with Crippen LogP contribution >= 0.6 is 0 Å². The van der Waals surface area contributed by atoms with Crippen LogP contribution < -0.4 is 15.5 Å². The van der Waals surface area contributed by atoms with Crippen molar-refractivity contribution in [1.82, 2.24) is 25.1 Å². The van der Waals surface area contributed by atoms with Crippen LogP contribution in [0, 0.1) is 0 Å². The lowest BCUT2D eigenvalue weighted by Gasteiger charge is -2.31. The van der Waals surface area contributed by atoms with Gasteiger partial charge in [0.15, 0.2) is 0 Å². The first-order valence-corrected chi connectivity index (χ1v) is 8.43. The molecule has 1 aliphatic heterocycles. The average molecular weight is 345 g/mol. The Balaban J connectivity index is 1.85. The van der Waals surface area contributed by atoms with E-state index in [1.807, 2.05) is 17.9 Å². The molecule has 0 bridgehead atoms. The van der Waals surface area contributed by atoms with Gasteiger partial charge in [-0.1, -0.05) is 0 Å². The van der Waals surface area contributed by atoms with Gasteiger partial charge < -0.3 is 20.6 Å². The molecule has 9 heteroatoms. The summed E-state index contributed by atoms with van der Waals surface area (Å²) in [5.74, 6) is 1.47. The number of hydrogen-bond acceptors (Lipinski definition) is 7. The van der Waals surface area contributed by atoms with Gasteiger partial charge in [-0.15, -0.1) is 0 Å². The van der Waals surface area contributed by atoms with E-state index >= 15 is 0 Å². The minimum absolute atomic E-state index is 0.225. The zero-order valence-electron chi connectivity index (χ0n) is 14.4. The third-order valence-corrected chi connectivity index (χ3v) is 4.20. The summed E-state index contributed by atoms with van der Waals surface area (Å²) in [7, 11) is 1.58. The number of rotatable bonds is 5. The molecule has 0 saturated carbocycles. The zero-order valence-corrected chi connectivity index (χ0v) is 14.4. The van der Waals surface area contributed by atoms with Crippen molar-refractivity contribution in [3.8, 4) is 0 Å². The topological polar surface area (TPSA) is 108 Å². The summed E-state index contributed by atoms with van der Waals surface area (Å²) in [5, 5.41) is 19.8. The quantitative estimate of drug-likeness (QED) is 0.734. The summed E-state index contributed by atoms with van der Waals surface area (Å²) in [6.45, 7) is 3.96. The minimum Gasteiger partial charge on any atom is -0.391 e. The SMILES string of the molecule is CCn1ncc(C(=O)NC)c1Nc1nccc(N2CCCC(O)C2)n1. The minimum atomic E-state index is -0.332. The molecule has 0 spiro atoms. The Bertz CT molecular complexity index is 746. The number of carbonyl (C=O) groups excluding carboxylic acids is 1. The Labute approximate surface area is 146 Å². The first kappa shape index (κ1) is 17.2.